The molecule has 1 rings (SSSR count). The van der Waals surface area contributed by atoms with E-state index >= 15 is 0 Å². The van der Waals surface area contributed by atoms with E-state index in [1.165, 1.54) is 11.0 Å². The van der Waals surface area contributed by atoms with Crippen LogP contribution >= 0.6 is 0 Å². The quantitative estimate of drug-likeness (QED) is 0.486. The summed E-state index contributed by atoms with van der Waals surface area (Å²) in [6.07, 6.45) is 1.41. The predicted molar refractivity (Wildman–Crippen MR) is 74.0 cm³/mol. The fourth-order valence-corrected chi connectivity index (χ4v) is 1.80. The van der Waals surface area contributed by atoms with Gasteiger partial charge in [-0.2, -0.15) is 4.39 Å². The smallest absolute Gasteiger partial charge is 0.305 e. The standard InChI is InChI=1S/C14H16F2N2O3/c1-5-8-17(14(2,3)4)13(19)11-9(15)6-7-10(12(11)16)18(20)21/h5-7H,1,8H2,2-4H3. The van der Waals surface area contributed by atoms with E-state index in [4.69, 9.17) is 0 Å². The molecule has 0 atom stereocenters. The van der Waals surface area contributed by atoms with Crippen LogP contribution in [0.15, 0.2) is 24.8 Å². The molecule has 0 spiro atoms. The zero-order chi connectivity index (χ0) is 16.4. The maximum Gasteiger partial charge on any atom is 0.305 e. The first-order chi connectivity index (χ1) is 9.61. The normalized spacial score (nSPS) is 11.1. The largest absolute Gasteiger partial charge is 0.330 e. The molecule has 0 radical (unpaired) electrons. The van der Waals surface area contributed by atoms with E-state index in [9.17, 15) is 23.7 Å². The summed E-state index contributed by atoms with van der Waals surface area (Å²) in [6, 6.07) is 1.40. The molecule has 0 saturated carbocycles. The Morgan fingerprint density at radius 1 is 1.43 bits per heavy atom. The van der Waals surface area contributed by atoms with Crippen LogP contribution in [0.2, 0.25) is 0 Å². The predicted octanol–water partition coefficient (Wildman–Crippen LogP) is 3.30. The van der Waals surface area contributed by atoms with Crippen LogP contribution in [0.3, 0.4) is 0 Å². The van der Waals surface area contributed by atoms with Gasteiger partial charge in [-0.25, -0.2) is 4.39 Å². The van der Waals surface area contributed by atoms with Crippen molar-refractivity contribution >= 4 is 11.6 Å². The van der Waals surface area contributed by atoms with Gasteiger partial charge in [0, 0.05) is 18.2 Å². The van der Waals surface area contributed by atoms with Crippen LogP contribution in [-0.2, 0) is 0 Å². The molecule has 0 heterocycles. The number of nitro groups is 1. The molecular weight excluding hydrogens is 282 g/mol. The first-order valence-corrected chi connectivity index (χ1v) is 6.16. The van der Waals surface area contributed by atoms with Gasteiger partial charge >= 0.3 is 5.69 Å². The summed E-state index contributed by atoms with van der Waals surface area (Å²) in [5.74, 6) is -3.56. The third-order valence-electron chi connectivity index (χ3n) is 2.85. The molecular formula is C14H16F2N2O3. The van der Waals surface area contributed by atoms with Crippen molar-refractivity contribution in [1.82, 2.24) is 4.90 Å². The first kappa shape index (κ1) is 16.7. The minimum absolute atomic E-state index is 0.0594. The summed E-state index contributed by atoms with van der Waals surface area (Å²) >= 11 is 0. The van der Waals surface area contributed by atoms with Crippen molar-refractivity contribution in [3.05, 3.63) is 52.1 Å². The molecule has 0 N–H and O–H groups in total. The summed E-state index contributed by atoms with van der Waals surface area (Å²) in [4.78, 5) is 23.3. The zero-order valence-corrected chi connectivity index (χ0v) is 12.0. The molecule has 1 aromatic rings. The molecule has 0 aliphatic rings. The minimum Gasteiger partial charge on any atom is -0.330 e. The van der Waals surface area contributed by atoms with Gasteiger partial charge in [0.05, 0.1) is 4.92 Å². The first-order valence-electron chi connectivity index (χ1n) is 6.16. The van der Waals surface area contributed by atoms with E-state index in [0.29, 0.717) is 12.1 Å². The molecule has 0 bridgehead atoms. The molecule has 0 saturated heterocycles. The number of nitrogens with zero attached hydrogens (tertiary/aromatic N) is 2. The Bertz CT molecular complexity index is 595. The Balaban J connectivity index is 3.44. The molecule has 0 fully saturated rings. The van der Waals surface area contributed by atoms with Crippen molar-refractivity contribution in [3.63, 3.8) is 0 Å². The number of amides is 1. The van der Waals surface area contributed by atoms with Crippen LogP contribution in [0.25, 0.3) is 0 Å². The Labute approximate surface area is 121 Å². The molecule has 21 heavy (non-hydrogen) atoms. The molecule has 114 valence electrons. The maximum atomic E-state index is 14.1. The van der Waals surface area contributed by atoms with Crippen molar-refractivity contribution in [3.8, 4) is 0 Å². The second kappa shape index (κ2) is 5.99. The number of nitro benzene ring substituents is 1. The second-order valence-electron chi connectivity index (χ2n) is 5.39. The van der Waals surface area contributed by atoms with Crippen molar-refractivity contribution in [2.75, 3.05) is 6.54 Å². The van der Waals surface area contributed by atoms with Gasteiger partial charge in [0.1, 0.15) is 11.4 Å². The van der Waals surface area contributed by atoms with Gasteiger partial charge in [0.25, 0.3) is 5.91 Å². The van der Waals surface area contributed by atoms with Gasteiger partial charge in [-0.3, -0.25) is 14.9 Å². The monoisotopic (exact) mass is 298 g/mol. The van der Waals surface area contributed by atoms with E-state index in [2.05, 4.69) is 6.58 Å². The topological polar surface area (TPSA) is 63.5 Å². The highest BCUT2D eigenvalue weighted by molar-refractivity contribution is 5.96. The molecule has 0 aromatic heterocycles. The highest BCUT2D eigenvalue weighted by Gasteiger charge is 2.33. The van der Waals surface area contributed by atoms with Gasteiger partial charge in [-0.15, -0.1) is 6.58 Å². The van der Waals surface area contributed by atoms with Gasteiger partial charge in [-0.05, 0) is 26.8 Å². The molecule has 0 aliphatic carbocycles. The lowest BCUT2D eigenvalue weighted by Crippen LogP contribution is -2.46. The average Bonchev–Trinajstić information content (AvgIpc) is 2.33. The highest BCUT2D eigenvalue weighted by Crippen LogP contribution is 2.26. The average molecular weight is 298 g/mol. The molecule has 7 heteroatoms. The number of benzene rings is 1. The van der Waals surface area contributed by atoms with Crippen molar-refractivity contribution in [1.29, 1.82) is 0 Å². The Morgan fingerprint density at radius 2 is 2.00 bits per heavy atom. The van der Waals surface area contributed by atoms with E-state index in [1.54, 1.807) is 20.8 Å². The Hall–Kier alpha value is -2.31. The SMILES string of the molecule is C=CCN(C(=O)c1c(F)ccc([N+](=O)[O-])c1F)C(C)(C)C. The van der Waals surface area contributed by atoms with Crippen molar-refractivity contribution < 1.29 is 18.5 Å². The summed E-state index contributed by atoms with van der Waals surface area (Å²) in [6.45, 7) is 8.60. The molecule has 1 aromatic carbocycles. The number of halogens is 2. The number of hydrogen-bond donors (Lipinski definition) is 0. The maximum absolute atomic E-state index is 14.1. The van der Waals surface area contributed by atoms with Crippen LogP contribution < -0.4 is 0 Å². The minimum atomic E-state index is -1.47. The lowest BCUT2D eigenvalue weighted by molar-refractivity contribution is -0.387. The van der Waals surface area contributed by atoms with Crippen LogP contribution in [-0.4, -0.2) is 27.8 Å². The van der Waals surface area contributed by atoms with Crippen molar-refractivity contribution in [2.45, 2.75) is 26.3 Å². The third kappa shape index (κ3) is 3.42. The summed E-state index contributed by atoms with van der Waals surface area (Å²) in [5, 5.41) is 10.7. The van der Waals surface area contributed by atoms with E-state index in [0.717, 1.165) is 0 Å². The number of rotatable bonds is 4. The van der Waals surface area contributed by atoms with Crippen molar-refractivity contribution in [2.24, 2.45) is 0 Å². The number of hydrogen-bond acceptors (Lipinski definition) is 3. The van der Waals surface area contributed by atoms with E-state index < -0.39 is 39.3 Å². The van der Waals surface area contributed by atoms with Gasteiger partial charge in [0.15, 0.2) is 0 Å². The summed E-state index contributed by atoms with van der Waals surface area (Å²) < 4.78 is 27.9. The molecule has 0 unspecified atom stereocenters. The van der Waals surface area contributed by atoms with Gasteiger partial charge in [-0.1, -0.05) is 6.08 Å². The second-order valence-corrected chi connectivity index (χ2v) is 5.39. The van der Waals surface area contributed by atoms with Crippen LogP contribution in [0, 0.1) is 21.7 Å². The van der Waals surface area contributed by atoms with Gasteiger partial charge in [0.2, 0.25) is 5.82 Å². The Kier molecular flexibility index (Phi) is 4.77. The number of carbonyl (C=O) groups is 1. The van der Waals surface area contributed by atoms with Crippen LogP contribution in [0.5, 0.6) is 0 Å². The van der Waals surface area contributed by atoms with E-state index in [-0.39, 0.29) is 6.54 Å². The lowest BCUT2D eigenvalue weighted by atomic mass is 10.0. The summed E-state index contributed by atoms with van der Waals surface area (Å²) in [7, 11) is 0. The zero-order valence-electron chi connectivity index (χ0n) is 12.0. The molecule has 1 amide bonds. The number of carbonyl (C=O) groups excluding carboxylic acids is 1. The molecule has 5 nitrogen and oxygen atoms in total. The highest BCUT2D eigenvalue weighted by atomic mass is 19.1. The molecule has 0 aliphatic heterocycles. The third-order valence-corrected chi connectivity index (χ3v) is 2.85. The van der Waals surface area contributed by atoms with Crippen LogP contribution in [0.1, 0.15) is 31.1 Å². The summed E-state index contributed by atoms with van der Waals surface area (Å²) in [5.41, 5.74) is -2.59. The lowest BCUT2D eigenvalue weighted by Gasteiger charge is -2.35. The Morgan fingerprint density at radius 3 is 2.43 bits per heavy atom. The van der Waals surface area contributed by atoms with Crippen LogP contribution in [0.4, 0.5) is 14.5 Å². The van der Waals surface area contributed by atoms with E-state index in [1.807, 2.05) is 0 Å². The fourth-order valence-electron chi connectivity index (χ4n) is 1.80. The van der Waals surface area contributed by atoms with Gasteiger partial charge < -0.3 is 4.90 Å². The fraction of sp³-hybridized carbons (Fsp3) is 0.357.